The van der Waals surface area contributed by atoms with Gasteiger partial charge in [-0.1, -0.05) is 56.3 Å². The number of benzene rings is 2. The molecule has 0 saturated heterocycles. The first-order valence-electron chi connectivity index (χ1n) is 7.68. The molecule has 128 valence electrons. The molecule has 0 aliphatic rings. The maximum absolute atomic E-state index is 12.6. The number of aliphatic carboxylic acids is 1. The number of rotatable bonds is 7. The lowest BCUT2D eigenvalue weighted by molar-refractivity contribution is -0.137. The summed E-state index contributed by atoms with van der Waals surface area (Å²) in [6.07, 6.45) is -0.326. The lowest BCUT2D eigenvalue weighted by atomic mass is 10.0. The van der Waals surface area contributed by atoms with E-state index in [1.165, 1.54) is 0 Å². The van der Waals surface area contributed by atoms with E-state index in [2.05, 4.69) is 4.72 Å². The first-order valence-corrected chi connectivity index (χ1v) is 9.17. The third kappa shape index (κ3) is 4.66. The van der Waals surface area contributed by atoms with Crippen LogP contribution in [0.3, 0.4) is 0 Å². The summed E-state index contributed by atoms with van der Waals surface area (Å²) in [5, 5.41) is 9.08. The minimum Gasteiger partial charge on any atom is -0.481 e. The Hall–Kier alpha value is -2.18. The van der Waals surface area contributed by atoms with Gasteiger partial charge in [0.2, 0.25) is 10.0 Å². The Labute approximate surface area is 142 Å². The first kappa shape index (κ1) is 18.2. The van der Waals surface area contributed by atoms with Crippen LogP contribution in [0.15, 0.2) is 59.5 Å². The summed E-state index contributed by atoms with van der Waals surface area (Å²) < 4.78 is 27.6. The maximum atomic E-state index is 12.6. The van der Waals surface area contributed by atoms with Crippen LogP contribution in [0.25, 0.3) is 0 Å². The molecular formula is C18H21NO4S. The van der Waals surface area contributed by atoms with Crippen molar-refractivity contribution >= 4 is 16.0 Å². The Balaban J connectivity index is 2.28. The molecule has 1 atom stereocenters. The molecule has 0 spiro atoms. The second-order valence-corrected chi connectivity index (χ2v) is 7.62. The third-order valence-corrected chi connectivity index (χ3v) is 5.22. The van der Waals surface area contributed by atoms with E-state index in [0.717, 1.165) is 5.56 Å². The predicted molar refractivity (Wildman–Crippen MR) is 92.3 cm³/mol. The molecule has 0 aromatic heterocycles. The van der Waals surface area contributed by atoms with E-state index in [1.807, 2.05) is 13.8 Å². The average molecular weight is 347 g/mol. The molecule has 2 aromatic carbocycles. The topological polar surface area (TPSA) is 83.5 Å². The van der Waals surface area contributed by atoms with Crippen molar-refractivity contribution in [1.82, 2.24) is 4.72 Å². The Morgan fingerprint density at radius 2 is 1.58 bits per heavy atom. The van der Waals surface area contributed by atoms with Gasteiger partial charge in [-0.05, 0) is 29.2 Å². The molecule has 0 aliphatic heterocycles. The molecule has 0 saturated carbocycles. The molecule has 1 unspecified atom stereocenters. The second-order valence-electron chi connectivity index (χ2n) is 5.91. The van der Waals surface area contributed by atoms with Gasteiger partial charge in [0, 0.05) is 0 Å². The third-order valence-electron chi connectivity index (χ3n) is 3.74. The van der Waals surface area contributed by atoms with Gasteiger partial charge in [0.25, 0.3) is 0 Å². The Bertz CT molecular complexity index is 784. The van der Waals surface area contributed by atoms with Crippen molar-refractivity contribution in [2.24, 2.45) is 0 Å². The fourth-order valence-corrected chi connectivity index (χ4v) is 3.60. The van der Waals surface area contributed by atoms with Crippen LogP contribution >= 0.6 is 0 Å². The lowest BCUT2D eigenvalue weighted by Gasteiger charge is -2.18. The molecule has 0 bridgehead atoms. The molecule has 2 rings (SSSR count). The van der Waals surface area contributed by atoms with Gasteiger partial charge in [-0.15, -0.1) is 0 Å². The maximum Gasteiger partial charge on any atom is 0.305 e. The molecule has 0 radical (unpaired) electrons. The van der Waals surface area contributed by atoms with Gasteiger partial charge < -0.3 is 5.11 Å². The van der Waals surface area contributed by atoms with Crippen LogP contribution in [0.5, 0.6) is 0 Å². The summed E-state index contributed by atoms with van der Waals surface area (Å²) in [6.45, 7) is 4.06. The summed E-state index contributed by atoms with van der Waals surface area (Å²) in [7, 11) is -3.81. The minimum absolute atomic E-state index is 0.123. The largest absolute Gasteiger partial charge is 0.481 e. The lowest BCUT2D eigenvalue weighted by Crippen LogP contribution is -2.30. The average Bonchev–Trinajstić information content (AvgIpc) is 2.54. The van der Waals surface area contributed by atoms with Gasteiger partial charge in [-0.3, -0.25) is 4.79 Å². The predicted octanol–water partition coefficient (Wildman–Crippen LogP) is 3.30. The van der Waals surface area contributed by atoms with E-state index in [-0.39, 0.29) is 11.3 Å². The molecule has 5 nitrogen and oxygen atoms in total. The number of hydrogen-bond acceptors (Lipinski definition) is 3. The normalized spacial score (nSPS) is 13.0. The number of carbonyl (C=O) groups is 1. The highest BCUT2D eigenvalue weighted by molar-refractivity contribution is 7.89. The highest BCUT2D eigenvalue weighted by Crippen LogP contribution is 2.22. The van der Waals surface area contributed by atoms with Crippen molar-refractivity contribution in [2.45, 2.75) is 37.1 Å². The number of carboxylic acids is 1. The van der Waals surface area contributed by atoms with Crippen molar-refractivity contribution in [3.05, 3.63) is 65.7 Å². The number of carboxylic acid groups (broad SMARTS) is 1. The molecule has 2 aromatic rings. The fraction of sp³-hybridized carbons (Fsp3) is 0.278. The van der Waals surface area contributed by atoms with Crippen LogP contribution in [0.2, 0.25) is 0 Å². The molecule has 0 fully saturated rings. The Morgan fingerprint density at radius 3 is 2.08 bits per heavy atom. The molecule has 6 heteroatoms. The summed E-state index contributed by atoms with van der Waals surface area (Å²) in [4.78, 5) is 11.2. The summed E-state index contributed by atoms with van der Waals surface area (Å²) in [5.74, 6) is -0.763. The monoisotopic (exact) mass is 347 g/mol. The number of nitrogens with one attached hydrogen (secondary N) is 1. The SMILES string of the molecule is CC(C)c1ccc(S(=O)(=O)NC(CC(=O)O)c2ccccc2)cc1. The van der Waals surface area contributed by atoms with Gasteiger partial charge >= 0.3 is 5.97 Å². The van der Waals surface area contributed by atoms with Gasteiger partial charge in [0.05, 0.1) is 17.4 Å². The zero-order valence-corrected chi connectivity index (χ0v) is 14.5. The number of sulfonamides is 1. The highest BCUT2D eigenvalue weighted by Gasteiger charge is 2.23. The van der Waals surface area contributed by atoms with E-state index < -0.39 is 22.0 Å². The van der Waals surface area contributed by atoms with Gasteiger partial charge in [-0.2, -0.15) is 0 Å². The van der Waals surface area contributed by atoms with Crippen molar-refractivity contribution in [2.75, 3.05) is 0 Å². The second kappa shape index (κ2) is 7.59. The number of hydrogen-bond donors (Lipinski definition) is 2. The first-order chi connectivity index (χ1) is 11.3. The standard InChI is InChI=1S/C18H21NO4S/c1-13(2)14-8-10-16(11-9-14)24(22,23)19-17(12-18(20)21)15-6-4-3-5-7-15/h3-11,13,17,19H,12H2,1-2H3,(H,20,21). The van der Waals surface area contributed by atoms with Crippen molar-refractivity contribution in [3.63, 3.8) is 0 Å². The van der Waals surface area contributed by atoms with E-state index >= 15 is 0 Å². The van der Waals surface area contributed by atoms with Gasteiger partial charge in [0.15, 0.2) is 0 Å². The van der Waals surface area contributed by atoms with Crippen LogP contribution in [-0.2, 0) is 14.8 Å². The van der Waals surface area contributed by atoms with Crippen molar-refractivity contribution in [1.29, 1.82) is 0 Å². The molecule has 0 aliphatic carbocycles. The fourth-order valence-electron chi connectivity index (χ4n) is 2.37. The smallest absolute Gasteiger partial charge is 0.305 e. The van der Waals surface area contributed by atoms with Crippen LogP contribution in [0, 0.1) is 0 Å². The van der Waals surface area contributed by atoms with Gasteiger partial charge in [0.1, 0.15) is 0 Å². The zero-order chi connectivity index (χ0) is 17.7. The highest BCUT2D eigenvalue weighted by atomic mass is 32.2. The van der Waals surface area contributed by atoms with E-state index in [0.29, 0.717) is 11.5 Å². The zero-order valence-electron chi connectivity index (χ0n) is 13.6. The Morgan fingerprint density at radius 1 is 1.00 bits per heavy atom. The quantitative estimate of drug-likeness (QED) is 0.805. The van der Waals surface area contributed by atoms with Crippen LogP contribution in [0.1, 0.15) is 43.4 Å². The Kier molecular flexibility index (Phi) is 5.75. The van der Waals surface area contributed by atoms with E-state index in [9.17, 15) is 13.2 Å². The summed E-state index contributed by atoms with van der Waals surface area (Å²) in [5.41, 5.74) is 1.65. The van der Waals surface area contributed by atoms with Crippen LogP contribution < -0.4 is 4.72 Å². The molecule has 2 N–H and O–H groups in total. The van der Waals surface area contributed by atoms with E-state index in [4.69, 9.17) is 5.11 Å². The molecular weight excluding hydrogens is 326 g/mol. The summed E-state index contributed by atoms with van der Waals surface area (Å²) >= 11 is 0. The van der Waals surface area contributed by atoms with Crippen molar-refractivity contribution < 1.29 is 18.3 Å². The van der Waals surface area contributed by atoms with Crippen LogP contribution in [-0.4, -0.2) is 19.5 Å². The molecule has 0 amide bonds. The van der Waals surface area contributed by atoms with E-state index in [1.54, 1.807) is 54.6 Å². The minimum atomic E-state index is -3.81. The molecule has 24 heavy (non-hydrogen) atoms. The summed E-state index contributed by atoms with van der Waals surface area (Å²) in [6, 6.07) is 14.5. The van der Waals surface area contributed by atoms with Crippen LogP contribution in [0.4, 0.5) is 0 Å². The van der Waals surface area contributed by atoms with Gasteiger partial charge in [-0.25, -0.2) is 13.1 Å². The van der Waals surface area contributed by atoms with Crippen molar-refractivity contribution in [3.8, 4) is 0 Å². The molecule has 0 heterocycles.